The summed E-state index contributed by atoms with van der Waals surface area (Å²) in [6, 6.07) is 21.3. The smallest absolute Gasteiger partial charge is 0.261 e. The fourth-order valence-corrected chi connectivity index (χ4v) is 3.51. The van der Waals surface area contributed by atoms with Crippen LogP contribution < -0.4 is 14.8 Å². The van der Waals surface area contributed by atoms with Crippen LogP contribution in [0.1, 0.15) is 10.4 Å². The number of amides is 1. The van der Waals surface area contributed by atoms with Crippen LogP contribution in [-0.4, -0.2) is 21.4 Å². The summed E-state index contributed by atoms with van der Waals surface area (Å²) in [5.74, 6) is 0.265. The number of sulfonamides is 1. The third kappa shape index (κ3) is 4.65. The van der Waals surface area contributed by atoms with Gasteiger partial charge < -0.3 is 10.1 Å². The monoisotopic (exact) mass is 382 g/mol. The zero-order valence-corrected chi connectivity index (χ0v) is 15.4. The molecule has 0 aliphatic heterocycles. The third-order valence-electron chi connectivity index (χ3n) is 3.76. The molecule has 6 nitrogen and oxygen atoms in total. The van der Waals surface area contributed by atoms with E-state index in [0.29, 0.717) is 22.7 Å². The van der Waals surface area contributed by atoms with Crippen molar-refractivity contribution < 1.29 is 17.9 Å². The van der Waals surface area contributed by atoms with Gasteiger partial charge in [-0.2, -0.15) is 0 Å². The van der Waals surface area contributed by atoms with Crippen LogP contribution in [0, 0.1) is 0 Å². The number of hydrogen-bond donors (Lipinski definition) is 2. The first-order valence-electron chi connectivity index (χ1n) is 8.11. The van der Waals surface area contributed by atoms with E-state index in [2.05, 4.69) is 10.0 Å². The Morgan fingerprint density at radius 2 is 1.56 bits per heavy atom. The number of benzene rings is 3. The quantitative estimate of drug-likeness (QED) is 0.680. The summed E-state index contributed by atoms with van der Waals surface area (Å²) in [5.41, 5.74) is 1.21. The maximum absolute atomic E-state index is 12.5. The second-order valence-corrected chi connectivity index (χ2v) is 7.37. The van der Waals surface area contributed by atoms with Crippen LogP contribution in [0.25, 0.3) is 0 Å². The Morgan fingerprint density at radius 1 is 0.852 bits per heavy atom. The molecular weight excluding hydrogens is 364 g/mol. The molecule has 0 heterocycles. The molecule has 7 heteroatoms. The van der Waals surface area contributed by atoms with Gasteiger partial charge in [-0.1, -0.05) is 30.3 Å². The number of ether oxygens (including phenoxy) is 1. The molecule has 0 atom stereocenters. The Balaban J connectivity index is 1.78. The van der Waals surface area contributed by atoms with Crippen LogP contribution in [0.3, 0.4) is 0 Å². The van der Waals surface area contributed by atoms with Gasteiger partial charge in [-0.25, -0.2) is 8.42 Å². The Bertz CT molecular complexity index is 1050. The fourth-order valence-electron chi connectivity index (χ4n) is 2.44. The number of carbonyl (C=O) groups excluding carboxylic acids is 1. The van der Waals surface area contributed by atoms with Gasteiger partial charge in [0.05, 0.1) is 12.0 Å². The lowest BCUT2D eigenvalue weighted by Gasteiger charge is -2.10. The van der Waals surface area contributed by atoms with Gasteiger partial charge in [0.25, 0.3) is 15.9 Å². The van der Waals surface area contributed by atoms with E-state index >= 15 is 0 Å². The second kappa shape index (κ2) is 7.92. The molecule has 3 rings (SSSR count). The normalized spacial score (nSPS) is 10.9. The Hall–Kier alpha value is -3.32. The van der Waals surface area contributed by atoms with Crippen molar-refractivity contribution in [1.29, 1.82) is 0 Å². The van der Waals surface area contributed by atoms with Crippen molar-refractivity contribution in [3.8, 4) is 5.75 Å². The van der Waals surface area contributed by atoms with Crippen LogP contribution in [0.4, 0.5) is 11.4 Å². The predicted molar refractivity (Wildman–Crippen MR) is 105 cm³/mol. The molecule has 0 bridgehead atoms. The number of anilines is 2. The molecule has 0 aromatic heterocycles. The zero-order chi connectivity index (χ0) is 19.3. The Kier molecular flexibility index (Phi) is 5.42. The average Bonchev–Trinajstić information content (AvgIpc) is 2.68. The summed E-state index contributed by atoms with van der Waals surface area (Å²) in [5, 5.41) is 2.76. The third-order valence-corrected chi connectivity index (χ3v) is 5.16. The highest BCUT2D eigenvalue weighted by Gasteiger charge is 2.14. The molecule has 3 aromatic carbocycles. The van der Waals surface area contributed by atoms with Gasteiger partial charge >= 0.3 is 0 Å². The fraction of sp³-hybridized carbons (Fsp3) is 0.0500. The molecular formula is C20H18N2O4S. The van der Waals surface area contributed by atoms with Crippen LogP contribution in [0.15, 0.2) is 83.8 Å². The van der Waals surface area contributed by atoms with E-state index < -0.39 is 10.0 Å². The molecule has 0 unspecified atom stereocenters. The molecule has 138 valence electrons. The number of rotatable bonds is 6. The van der Waals surface area contributed by atoms with E-state index in [0.717, 1.165) is 0 Å². The standard InChI is InChI=1S/C20H18N2O4S/c1-26-18-10-6-8-16(14-18)21-20(23)15-7-5-9-17(13-15)22-27(24,25)19-11-3-2-4-12-19/h2-14,22H,1H3,(H,21,23). The minimum atomic E-state index is -3.72. The first-order valence-corrected chi connectivity index (χ1v) is 9.59. The summed E-state index contributed by atoms with van der Waals surface area (Å²) in [6.45, 7) is 0. The molecule has 0 radical (unpaired) electrons. The number of carbonyl (C=O) groups is 1. The van der Waals surface area contributed by atoms with E-state index in [9.17, 15) is 13.2 Å². The van der Waals surface area contributed by atoms with Gasteiger partial charge in [0.2, 0.25) is 0 Å². The minimum Gasteiger partial charge on any atom is -0.497 e. The first kappa shape index (κ1) is 18.5. The van der Waals surface area contributed by atoms with Crippen molar-refractivity contribution in [2.75, 3.05) is 17.1 Å². The lowest BCUT2D eigenvalue weighted by atomic mass is 10.2. The lowest BCUT2D eigenvalue weighted by Crippen LogP contribution is -2.15. The highest BCUT2D eigenvalue weighted by Crippen LogP contribution is 2.20. The van der Waals surface area contributed by atoms with Gasteiger partial charge in [0, 0.05) is 23.0 Å². The Morgan fingerprint density at radius 3 is 2.30 bits per heavy atom. The van der Waals surface area contributed by atoms with Crippen molar-refractivity contribution in [1.82, 2.24) is 0 Å². The Labute approximate surface area is 157 Å². The highest BCUT2D eigenvalue weighted by molar-refractivity contribution is 7.92. The molecule has 0 saturated heterocycles. The van der Waals surface area contributed by atoms with E-state index in [4.69, 9.17) is 4.74 Å². The number of nitrogens with one attached hydrogen (secondary N) is 2. The van der Waals surface area contributed by atoms with E-state index in [1.54, 1.807) is 67.8 Å². The van der Waals surface area contributed by atoms with Crippen LogP contribution in [0.2, 0.25) is 0 Å². The second-order valence-electron chi connectivity index (χ2n) is 5.69. The summed E-state index contributed by atoms with van der Waals surface area (Å²) in [6.07, 6.45) is 0. The minimum absolute atomic E-state index is 0.149. The molecule has 2 N–H and O–H groups in total. The topological polar surface area (TPSA) is 84.5 Å². The van der Waals surface area contributed by atoms with E-state index in [1.165, 1.54) is 18.2 Å². The van der Waals surface area contributed by atoms with Crippen LogP contribution in [0.5, 0.6) is 5.75 Å². The van der Waals surface area contributed by atoms with E-state index in [-0.39, 0.29) is 10.8 Å². The summed E-state index contributed by atoms with van der Waals surface area (Å²) in [4.78, 5) is 12.6. The van der Waals surface area contributed by atoms with Gasteiger partial charge in [-0.15, -0.1) is 0 Å². The largest absolute Gasteiger partial charge is 0.497 e. The molecule has 0 aliphatic rings. The van der Waals surface area contributed by atoms with E-state index in [1.807, 2.05) is 0 Å². The van der Waals surface area contributed by atoms with Crippen molar-refractivity contribution >= 4 is 27.3 Å². The van der Waals surface area contributed by atoms with Crippen molar-refractivity contribution in [2.45, 2.75) is 4.90 Å². The molecule has 3 aromatic rings. The first-order chi connectivity index (χ1) is 13.0. The summed E-state index contributed by atoms with van der Waals surface area (Å²) < 4.78 is 32.5. The van der Waals surface area contributed by atoms with Crippen LogP contribution in [-0.2, 0) is 10.0 Å². The SMILES string of the molecule is COc1cccc(NC(=O)c2cccc(NS(=O)(=O)c3ccccc3)c2)c1. The maximum atomic E-state index is 12.5. The van der Waals surface area contributed by atoms with Crippen LogP contribution >= 0.6 is 0 Å². The van der Waals surface area contributed by atoms with Gasteiger partial charge in [0.1, 0.15) is 5.75 Å². The molecule has 0 aliphatic carbocycles. The average molecular weight is 382 g/mol. The van der Waals surface area contributed by atoms with Crippen molar-refractivity contribution in [3.63, 3.8) is 0 Å². The van der Waals surface area contributed by atoms with Gasteiger partial charge in [-0.3, -0.25) is 9.52 Å². The van der Waals surface area contributed by atoms with Crippen molar-refractivity contribution in [3.05, 3.63) is 84.4 Å². The zero-order valence-electron chi connectivity index (χ0n) is 14.5. The molecule has 0 saturated carbocycles. The number of methoxy groups -OCH3 is 1. The molecule has 27 heavy (non-hydrogen) atoms. The predicted octanol–water partition coefficient (Wildman–Crippen LogP) is 3.75. The van der Waals surface area contributed by atoms with Gasteiger partial charge in [0.15, 0.2) is 0 Å². The van der Waals surface area contributed by atoms with Crippen molar-refractivity contribution in [2.24, 2.45) is 0 Å². The van der Waals surface area contributed by atoms with Gasteiger partial charge in [-0.05, 0) is 42.5 Å². The number of hydrogen-bond acceptors (Lipinski definition) is 4. The summed E-state index contributed by atoms with van der Waals surface area (Å²) >= 11 is 0. The lowest BCUT2D eigenvalue weighted by molar-refractivity contribution is 0.102. The maximum Gasteiger partial charge on any atom is 0.261 e. The molecule has 0 spiro atoms. The molecule has 0 fully saturated rings. The molecule has 1 amide bonds. The highest BCUT2D eigenvalue weighted by atomic mass is 32.2. The summed E-state index contributed by atoms with van der Waals surface area (Å²) in [7, 11) is -2.18.